The Labute approximate surface area is 204 Å². The van der Waals surface area contributed by atoms with Gasteiger partial charge >= 0.3 is 0 Å². The number of nitrogens with zero attached hydrogens (tertiary/aromatic N) is 4. The molecule has 4 rings (SSSR count). The third-order valence-corrected chi connectivity index (χ3v) is 7.29. The van der Waals surface area contributed by atoms with E-state index in [9.17, 15) is 0 Å². The molecule has 0 spiro atoms. The average molecular weight is 469 g/mol. The molecule has 180 valence electrons. The van der Waals surface area contributed by atoms with Crippen molar-refractivity contribution >= 4 is 39.7 Å². The molecule has 1 aromatic heterocycles. The van der Waals surface area contributed by atoms with Crippen molar-refractivity contribution in [1.29, 1.82) is 0 Å². The maximum absolute atomic E-state index is 5.55. The number of hydrogen-bond acceptors (Lipinski definition) is 5. The number of thiocarbonyl (C=S) groups is 1. The molecule has 2 saturated heterocycles. The fraction of sp³-hybridized carbons (Fsp3) is 0.615. The van der Waals surface area contributed by atoms with Crippen LogP contribution in [0.25, 0.3) is 10.9 Å². The molecule has 6 nitrogen and oxygen atoms in total. The first-order valence-corrected chi connectivity index (χ1v) is 13.2. The third-order valence-electron chi connectivity index (χ3n) is 7.04. The molecule has 1 aromatic carbocycles. The SMILES string of the molecule is CCN1CCN(c2cc(C)c3cc(NC(=S)NCCCN4CCCCCC4)ccc3n2)CC1. The van der Waals surface area contributed by atoms with E-state index in [-0.39, 0.29) is 0 Å². The molecule has 0 saturated carbocycles. The van der Waals surface area contributed by atoms with E-state index in [0.29, 0.717) is 5.11 Å². The van der Waals surface area contributed by atoms with Gasteiger partial charge in [-0.15, -0.1) is 0 Å². The normalized spacial score (nSPS) is 18.3. The molecule has 0 unspecified atom stereocenters. The van der Waals surface area contributed by atoms with Gasteiger partial charge in [0.05, 0.1) is 5.52 Å². The van der Waals surface area contributed by atoms with E-state index in [0.717, 1.165) is 69.3 Å². The molecule has 7 heteroatoms. The Morgan fingerprint density at radius 2 is 1.73 bits per heavy atom. The van der Waals surface area contributed by atoms with E-state index in [1.807, 2.05) is 0 Å². The van der Waals surface area contributed by atoms with Gasteiger partial charge in [0.25, 0.3) is 0 Å². The summed E-state index contributed by atoms with van der Waals surface area (Å²) in [5, 5.41) is 8.61. The van der Waals surface area contributed by atoms with Crippen LogP contribution in [0.15, 0.2) is 24.3 Å². The number of pyridine rings is 1. The van der Waals surface area contributed by atoms with Gasteiger partial charge in [0.15, 0.2) is 5.11 Å². The van der Waals surface area contributed by atoms with E-state index < -0.39 is 0 Å². The minimum Gasteiger partial charge on any atom is -0.362 e. The van der Waals surface area contributed by atoms with E-state index in [1.54, 1.807) is 0 Å². The van der Waals surface area contributed by atoms with Crippen molar-refractivity contribution in [1.82, 2.24) is 20.1 Å². The number of benzene rings is 1. The minimum atomic E-state index is 0.696. The minimum absolute atomic E-state index is 0.696. The number of nitrogens with one attached hydrogen (secondary N) is 2. The topological polar surface area (TPSA) is 46.7 Å². The van der Waals surface area contributed by atoms with E-state index in [4.69, 9.17) is 17.2 Å². The summed E-state index contributed by atoms with van der Waals surface area (Å²) in [5.41, 5.74) is 3.32. The van der Waals surface area contributed by atoms with Crippen molar-refractivity contribution in [3.63, 3.8) is 0 Å². The number of aryl methyl sites for hydroxylation is 1. The predicted molar refractivity (Wildman–Crippen MR) is 145 cm³/mol. The van der Waals surface area contributed by atoms with Crippen LogP contribution in [0.1, 0.15) is 44.6 Å². The first kappa shape index (κ1) is 24.2. The third kappa shape index (κ3) is 6.78. The summed E-state index contributed by atoms with van der Waals surface area (Å²) in [7, 11) is 0. The van der Waals surface area contributed by atoms with Crippen molar-refractivity contribution in [2.45, 2.75) is 46.0 Å². The fourth-order valence-corrected chi connectivity index (χ4v) is 5.17. The molecule has 2 aromatic rings. The van der Waals surface area contributed by atoms with Gasteiger partial charge < -0.3 is 25.3 Å². The van der Waals surface area contributed by atoms with Crippen LogP contribution in [0.2, 0.25) is 0 Å². The first-order chi connectivity index (χ1) is 16.1. The van der Waals surface area contributed by atoms with Crippen LogP contribution >= 0.6 is 12.2 Å². The number of hydrogen-bond donors (Lipinski definition) is 2. The summed E-state index contributed by atoms with van der Waals surface area (Å²) in [6, 6.07) is 8.59. The highest BCUT2D eigenvalue weighted by atomic mass is 32.1. The second-order valence-corrected chi connectivity index (χ2v) is 9.85. The molecule has 2 aliphatic rings. The van der Waals surface area contributed by atoms with Gasteiger partial charge in [0.2, 0.25) is 0 Å². The quantitative estimate of drug-likeness (QED) is 0.466. The Balaban J connectivity index is 1.29. The summed E-state index contributed by atoms with van der Waals surface area (Å²) in [5.74, 6) is 1.10. The lowest BCUT2D eigenvalue weighted by Crippen LogP contribution is -2.46. The van der Waals surface area contributed by atoms with Crippen molar-refractivity contribution in [2.75, 3.05) is 69.1 Å². The number of likely N-dealkylation sites (N-methyl/N-ethyl adjacent to an activating group) is 1. The fourth-order valence-electron chi connectivity index (χ4n) is 4.95. The molecule has 0 bridgehead atoms. The Kier molecular flexibility index (Phi) is 8.75. The lowest BCUT2D eigenvalue weighted by Gasteiger charge is -2.35. The van der Waals surface area contributed by atoms with Crippen LogP contribution < -0.4 is 15.5 Å². The highest BCUT2D eigenvalue weighted by Crippen LogP contribution is 2.26. The standard InChI is InChI=1S/C26H40N6S/c1-3-30-15-17-32(18-16-30)25-19-21(2)23-20-22(9-10-24(23)29-25)28-26(33)27-11-8-14-31-12-6-4-5-7-13-31/h9-10,19-20H,3-8,11-18H2,1-2H3,(H2,27,28,33). The summed E-state index contributed by atoms with van der Waals surface area (Å²) < 4.78 is 0. The molecule has 0 amide bonds. The molecule has 2 N–H and O–H groups in total. The smallest absolute Gasteiger partial charge is 0.170 e. The number of rotatable bonds is 7. The summed E-state index contributed by atoms with van der Waals surface area (Å²) in [4.78, 5) is 12.5. The Bertz CT molecular complexity index is 916. The number of likely N-dealkylation sites (tertiary alicyclic amines) is 1. The molecule has 0 radical (unpaired) electrons. The number of piperazine rings is 1. The summed E-state index contributed by atoms with van der Waals surface area (Å²) >= 11 is 5.55. The molecule has 33 heavy (non-hydrogen) atoms. The number of aromatic nitrogens is 1. The van der Waals surface area contributed by atoms with E-state index in [2.05, 4.69) is 63.4 Å². The molecule has 2 fully saturated rings. The van der Waals surface area contributed by atoms with Crippen molar-refractivity contribution in [2.24, 2.45) is 0 Å². The second-order valence-electron chi connectivity index (χ2n) is 9.44. The van der Waals surface area contributed by atoms with Crippen LogP contribution in [-0.2, 0) is 0 Å². The zero-order valence-corrected chi connectivity index (χ0v) is 21.2. The predicted octanol–water partition coefficient (Wildman–Crippen LogP) is 4.24. The van der Waals surface area contributed by atoms with Crippen LogP contribution in [-0.4, -0.2) is 78.8 Å². The maximum Gasteiger partial charge on any atom is 0.170 e. The van der Waals surface area contributed by atoms with Gasteiger partial charge in [-0.3, -0.25) is 0 Å². The largest absolute Gasteiger partial charge is 0.362 e. The van der Waals surface area contributed by atoms with Gasteiger partial charge in [0, 0.05) is 43.8 Å². The molecule has 0 aliphatic carbocycles. The lowest BCUT2D eigenvalue weighted by atomic mass is 10.1. The van der Waals surface area contributed by atoms with Crippen LogP contribution in [0.3, 0.4) is 0 Å². The van der Waals surface area contributed by atoms with E-state index in [1.165, 1.54) is 49.7 Å². The zero-order valence-electron chi connectivity index (χ0n) is 20.4. The van der Waals surface area contributed by atoms with Crippen LogP contribution in [0.4, 0.5) is 11.5 Å². The molecule has 2 aliphatic heterocycles. The van der Waals surface area contributed by atoms with Gasteiger partial charge in [-0.25, -0.2) is 4.98 Å². The highest BCUT2D eigenvalue weighted by molar-refractivity contribution is 7.80. The maximum atomic E-state index is 5.55. The van der Waals surface area contributed by atoms with Crippen molar-refractivity contribution in [3.8, 4) is 0 Å². The number of anilines is 2. The first-order valence-electron chi connectivity index (χ1n) is 12.8. The Morgan fingerprint density at radius 1 is 0.970 bits per heavy atom. The van der Waals surface area contributed by atoms with Crippen LogP contribution in [0.5, 0.6) is 0 Å². The Morgan fingerprint density at radius 3 is 2.45 bits per heavy atom. The highest BCUT2D eigenvalue weighted by Gasteiger charge is 2.18. The van der Waals surface area contributed by atoms with Crippen LogP contribution in [0, 0.1) is 6.92 Å². The van der Waals surface area contributed by atoms with E-state index >= 15 is 0 Å². The van der Waals surface area contributed by atoms with Gasteiger partial charge in [-0.05, 0) is 94.4 Å². The number of fused-ring (bicyclic) bond motifs is 1. The summed E-state index contributed by atoms with van der Waals surface area (Å²) in [6.45, 7) is 14.4. The van der Waals surface area contributed by atoms with Gasteiger partial charge in [0.1, 0.15) is 5.82 Å². The van der Waals surface area contributed by atoms with Crippen molar-refractivity contribution in [3.05, 3.63) is 29.8 Å². The second kappa shape index (κ2) is 12.0. The van der Waals surface area contributed by atoms with Gasteiger partial charge in [-0.1, -0.05) is 19.8 Å². The van der Waals surface area contributed by atoms with Crippen molar-refractivity contribution < 1.29 is 0 Å². The summed E-state index contributed by atoms with van der Waals surface area (Å²) in [6.07, 6.45) is 6.60. The molecule has 3 heterocycles. The van der Waals surface area contributed by atoms with Gasteiger partial charge in [-0.2, -0.15) is 0 Å². The monoisotopic (exact) mass is 468 g/mol. The Hall–Kier alpha value is -1.96. The molecular weight excluding hydrogens is 428 g/mol. The zero-order chi connectivity index (χ0) is 23.0. The lowest BCUT2D eigenvalue weighted by molar-refractivity contribution is 0.270. The molecule has 0 atom stereocenters. The molecular formula is C26H40N6S. The average Bonchev–Trinajstić information content (AvgIpc) is 3.11.